The van der Waals surface area contributed by atoms with Gasteiger partial charge in [-0.15, -0.1) is 0 Å². The summed E-state index contributed by atoms with van der Waals surface area (Å²) in [6.07, 6.45) is 2.12. The number of nitrogens with two attached hydrogens (primary N) is 1. The quantitative estimate of drug-likeness (QED) is 0.675. The van der Waals surface area contributed by atoms with Crippen molar-refractivity contribution in [2.45, 2.75) is 19.9 Å². The van der Waals surface area contributed by atoms with Gasteiger partial charge in [-0.25, -0.2) is 4.98 Å². The third-order valence-corrected chi connectivity index (χ3v) is 4.71. The average Bonchev–Trinajstić information content (AvgIpc) is 2.77. The lowest BCUT2D eigenvalue weighted by Crippen LogP contribution is -2.24. The molecule has 6 heteroatoms. The van der Waals surface area contributed by atoms with Crippen molar-refractivity contribution in [1.29, 1.82) is 0 Å². The number of hydrogen-bond acceptors (Lipinski definition) is 4. The van der Waals surface area contributed by atoms with E-state index in [0.29, 0.717) is 24.3 Å². The number of nitrogens with zero attached hydrogens (tertiary/aromatic N) is 2. The van der Waals surface area contributed by atoms with Gasteiger partial charge in [-0.3, -0.25) is 9.59 Å². The van der Waals surface area contributed by atoms with Crippen LogP contribution in [0.1, 0.15) is 29.3 Å². The fourth-order valence-corrected chi connectivity index (χ4v) is 2.90. The lowest BCUT2D eigenvalue weighted by atomic mass is 10.0. The number of carbonyl (C=O) groups excluding carboxylic acids is 2. The van der Waals surface area contributed by atoms with Crippen LogP contribution in [0.3, 0.4) is 0 Å². The van der Waals surface area contributed by atoms with E-state index in [1.165, 1.54) is 0 Å². The molecule has 6 nitrogen and oxygen atoms in total. The van der Waals surface area contributed by atoms with Crippen molar-refractivity contribution in [3.8, 4) is 11.1 Å². The predicted octanol–water partition coefficient (Wildman–Crippen LogP) is 3.63. The maximum absolute atomic E-state index is 12.4. The Kier molecular flexibility index (Phi) is 6.24. The van der Waals surface area contributed by atoms with E-state index in [2.05, 4.69) is 10.3 Å². The lowest BCUT2D eigenvalue weighted by molar-refractivity contribution is -0.118. The Hall–Kier alpha value is -3.67. The molecule has 3 aromatic rings. The second kappa shape index (κ2) is 9.01. The molecule has 3 N–H and O–H groups in total. The van der Waals surface area contributed by atoms with E-state index in [-0.39, 0.29) is 11.8 Å². The molecule has 0 saturated heterocycles. The molecule has 1 heterocycles. The minimum atomic E-state index is -0.150. The summed E-state index contributed by atoms with van der Waals surface area (Å²) in [5.41, 5.74) is 9.91. The number of amides is 2. The Balaban J connectivity index is 1.64. The van der Waals surface area contributed by atoms with Crippen molar-refractivity contribution >= 4 is 23.3 Å². The predicted molar refractivity (Wildman–Crippen MR) is 115 cm³/mol. The standard InChI is InChI=1S/C23H24N4O2/c1-3-22(28)27(2)20-11-9-18(10-12-20)17-5-7-19(8-6-17)23(29)26-15-16-4-13-21(24)25-14-16/h4-14H,3,15H2,1-2H3,(H2,24,25)(H,26,29). The highest BCUT2D eigenvalue weighted by Gasteiger charge is 2.09. The Bertz CT molecular complexity index is 981. The van der Waals surface area contributed by atoms with Crippen LogP contribution in [0.2, 0.25) is 0 Å². The Morgan fingerprint density at radius 3 is 2.14 bits per heavy atom. The normalized spacial score (nSPS) is 10.4. The molecular formula is C23H24N4O2. The Morgan fingerprint density at radius 1 is 0.966 bits per heavy atom. The molecule has 0 radical (unpaired) electrons. The highest BCUT2D eigenvalue weighted by molar-refractivity contribution is 5.95. The fraction of sp³-hybridized carbons (Fsp3) is 0.174. The molecule has 2 amide bonds. The van der Waals surface area contributed by atoms with Gasteiger partial charge in [-0.05, 0) is 47.0 Å². The molecule has 1 aromatic heterocycles. The molecule has 0 aliphatic heterocycles. The van der Waals surface area contributed by atoms with Crippen molar-refractivity contribution < 1.29 is 9.59 Å². The first-order valence-corrected chi connectivity index (χ1v) is 9.43. The first kappa shape index (κ1) is 20.1. The summed E-state index contributed by atoms with van der Waals surface area (Å²) in [5, 5.41) is 2.87. The monoisotopic (exact) mass is 388 g/mol. The summed E-state index contributed by atoms with van der Waals surface area (Å²) >= 11 is 0. The summed E-state index contributed by atoms with van der Waals surface area (Å²) in [7, 11) is 1.77. The maximum Gasteiger partial charge on any atom is 0.251 e. The van der Waals surface area contributed by atoms with Crippen molar-refractivity contribution in [2.24, 2.45) is 0 Å². The highest BCUT2D eigenvalue weighted by Crippen LogP contribution is 2.23. The smallest absolute Gasteiger partial charge is 0.251 e. The van der Waals surface area contributed by atoms with Gasteiger partial charge in [-0.1, -0.05) is 37.3 Å². The van der Waals surface area contributed by atoms with Crippen LogP contribution in [-0.2, 0) is 11.3 Å². The van der Waals surface area contributed by atoms with Gasteiger partial charge in [0.1, 0.15) is 5.82 Å². The number of anilines is 2. The van der Waals surface area contributed by atoms with Crippen LogP contribution in [0.4, 0.5) is 11.5 Å². The third-order valence-electron chi connectivity index (χ3n) is 4.71. The van der Waals surface area contributed by atoms with Crippen LogP contribution in [0.5, 0.6) is 0 Å². The van der Waals surface area contributed by atoms with Gasteiger partial charge in [0.25, 0.3) is 5.91 Å². The first-order chi connectivity index (χ1) is 14.0. The second-order valence-corrected chi connectivity index (χ2v) is 6.70. The summed E-state index contributed by atoms with van der Waals surface area (Å²) in [6.45, 7) is 2.23. The van der Waals surface area contributed by atoms with E-state index < -0.39 is 0 Å². The zero-order valence-corrected chi connectivity index (χ0v) is 16.6. The van der Waals surface area contributed by atoms with Crippen LogP contribution in [0, 0.1) is 0 Å². The van der Waals surface area contributed by atoms with Gasteiger partial charge >= 0.3 is 0 Å². The van der Waals surface area contributed by atoms with E-state index in [1.807, 2.05) is 49.4 Å². The number of benzene rings is 2. The number of carbonyl (C=O) groups is 2. The molecule has 148 valence electrons. The second-order valence-electron chi connectivity index (χ2n) is 6.70. The number of rotatable bonds is 6. The van der Waals surface area contributed by atoms with E-state index in [0.717, 1.165) is 22.4 Å². The number of nitrogen functional groups attached to an aromatic ring is 1. The summed E-state index contributed by atoms with van der Waals surface area (Å²) in [5.74, 6) is 0.374. The molecule has 2 aromatic carbocycles. The van der Waals surface area contributed by atoms with Crippen molar-refractivity contribution in [3.63, 3.8) is 0 Å². The van der Waals surface area contributed by atoms with E-state index in [1.54, 1.807) is 36.3 Å². The molecule has 3 rings (SSSR count). The van der Waals surface area contributed by atoms with Crippen LogP contribution < -0.4 is 16.0 Å². The van der Waals surface area contributed by atoms with Crippen LogP contribution in [0.15, 0.2) is 66.9 Å². The minimum absolute atomic E-state index is 0.0721. The molecule has 0 atom stereocenters. The van der Waals surface area contributed by atoms with Gasteiger partial charge in [-0.2, -0.15) is 0 Å². The highest BCUT2D eigenvalue weighted by atomic mass is 16.2. The van der Waals surface area contributed by atoms with Crippen LogP contribution in [-0.4, -0.2) is 23.8 Å². The SMILES string of the molecule is CCC(=O)N(C)c1ccc(-c2ccc(C(=O)NCc3ccc(N)nc3)cc2)cc1. The molecule has 0 aliphatic rings. The van der Waals surface area contributed by atoms with E-state index >= 15 is 0 Å². The molecule has 0 bridgehead atoms. The number of pyridine rings is 1. The van der Waals surface area contributed by atoms with Gasteiger partial charge in [0.2, 0.25) is 5.91 Å². The summed E-state index contributed by atoms with van der Waals surface area (Å²) < 4.78 is 0. The zero-order chi connectivity index (χ0) is 20.8. The largest absolute Gasteiger partial charge is 0.384 e. The number of hydrogen-bond donors (Lipinski definition) is 2. The molecule has 0 fully saturated rings. The fourth-order valence-electron chi connectivity index (χ4n) is 2.90. The van der Waals surface area contributed by atoms with Crippen molar-refractivity contribution in [3.05, 3.63) is 78.0 Å². The topological polar surface area (TPSA) is 88.3 Å². The lowest BCUT2D eigenvalue weighted by Gasteiger charge is -2.16. The van der Waals surface area contributed by atoms with E-state index in [9.17, 15) is 9.59 Å². The van der Waals surface area contributed by atoms with Crippen molar-refractivity contribution in [1.82, 2.24) is 10.3 Å². The van der Waals surface area contributed by atoms with E-state index in [4.69, 9.17) is 5.73 Å². The number of aromatic nitrogens is 1. The average molecular weight is 388 g/mol. The van der Waals surface area contributed by atoms with Gasteiger partial charge in [0, 0.05) is 37.5 Å². The maximum atomic E-state index is 12.4. The van der Waals surface area contributed by atoms with Gasteiger partial charge in [0.15, 0.2) is 0 Å². The van der Waals surface area contributed by atoms with Crippen molar-refractivity contribution in [2.75, 3.05) is 17.7 Å². The molecule has 0 spiro atoms. The van der Waals surface area contributed by atoms with Gasteiger partial charge in [0.05, 0.1) is 0 Å². The van der Waals surface area contributed by atoms with Crippen LogP contribution >= 0.6 is 0 Å². The summed E-state index contributed by atoms with van der Waals surface area (Å²) in [4.78, 5) is 29.8. The number of nitrogens with one attached hydrogen (secondary N) is 1. The molecule has 0 unspecified atom stereocenters. The molecule has 0 saturated carbocycles. The Labute approximate surface area is 170 Å². The molecule has 29 heavy (non-hydrogen) atoms. The Morgan fingerprint density at radius 2 is 1.59 bits per heavy atom. The summed E-state index contributed by atoms with van der Waals surface area (Å²) in [6, 6.07) is 18.7. The molecular weight excluding hydrogens is 364 g/mol. The molecule has 0 aliphatic carbocycles. The zero-order valence-electron chi connectivity index (χ0n) is 16.6. The third kappa shape index (κ3) is 4.99. The van der Waals surface area contributed by atoms with Gasteiger partial charge < -0.3 is 16.0 Å². The van der Waals surface area contributed by atoms with Crippen LogP contribution in [0.25, 0.3) is 11.1 Å². The first-order valence-electron chi connectivity index (χ1n) is 9.43. The minimum Gasteiger partial charge on any atom is -0.384 e.